The van der Waals surface area contributed by atoms with E-state index in [2.05, 4.69) is 85.9 Å². The predicted molar refractivity (Wildman–Crippen MR) is 95.8 cm³/mol. The Morgan fingerprint density at radius 3 is 2.17 bits per heavy atom. The summed E-state index contributed by atoms with van der Waals surface area (Å²) in [5.74, 6) is 0. The Morgan fingerprint density at radius 1 is 0.833 bits per heavy atom. The normalized spacial score (nSPS) is 10.8. The van der Waals surface area contributed by atoms with Gasteiger partial charge < -0.3 is 24.8 Å². The number of hydrogen-bond acceptors (Lipinski definition) is 0. The summed E-state index contributed by atoms with van der Waals surface area (Å²) < 4.78 is 0. The van der Waals surface area contributed by atoms with E-state index in [-0.39, 0.29) is 51.0 Å². The number of halogens is 2. The average Bonchev–Trinajstić information content (AvgIpc) is 3.11. The molecule has 0 atom stereocenters. The maximum atomic E-state index is 2.46. The molecule has 4 heteroatoms. The molecule has 0 saturated carbocycles. The Balaban J connectivity index is 0.000000960. The molecule has 0 nitrogen and oxygen atoms in total. The molecule has 0 aromatic heterocycles. The predicted octanol–water partition coefficient (Wildman–Crippen LogP) is -1.74. The Bertz CT molecular complexity index is 904. The smallest absolute Gasteiger partial charge is 1.00 e. The van der Waals surface area contributed by atoms with Crippen LogP contribution in [-0.4, -0.2) is 8.07 Å². The van der Waals surface area contributed by atoms with Crippen LogP contribution in [0.15, 0.2) is 72.8 Å². The Labute approximate surface area is 175 Å². The van der Waals surface area contributed by atoms with Gasteiger partial charge in [0.2, 0.25) is 0 Å². The monoisotopic (exact) mass is 446 g/mol. The van der Waals surface area contributed by atoms with E-state index in [9.17, 15) is 0 Å². The summed E-state index contributed by atoms with van der Waals surface area (Å²) in [5.41, 5.74) is 0. The van der Waals surface area contributed by atoms with Gasteiger partial charge >= 0.3 is 26.2 Å². The molecule has 0 aliphatic rings. The average molecular weight is 449 g/mol. The number of hydrogen-bond donors (Lipinski definition) is 0. The molecule has 0 amide bonds. The van der Waals surface area contributed by atoms with Gasteiger partial charge in [-0.15, -0.1) is 63.8 Å². The second-order valence-corrected chi connectivity index (χ2v) is 10.7. The first-order valence-electron chi connectivity index (χ1n) is 7.47. The minimum Gasteiger partial charge on any atom is -1.00 e. The van der Waals surface area contributed by atoms with Crippen LogP contribution in [0, 0.1) is 0 Å². The first-order valence-corrected chi connectivity index (χ1v) is 10.5. The molecule has 4 rings (SSSR count). The molecule has 0 saturated heterocycles. The Hall–Kier alpha value is -0.660. The van der Waals surface area contributed by atoms with Crippen molar-refractivity contribution in [3.8, 4) is 0 Å². The van der Waals surface area contributed by atoms with Crippen molar-refractivity contribution in [3.05, 3.63) is 72.8 Å². The second kappa shape index (κ2) is 8.15. The van der Waals surface area contributed by atoms with Crippen LogP contribution >= 0.6 is 0 Å². The molecule has 0 heterocycles. The topological polar surface area (TPSA) is 0 Å². The minimum atomic E-state index is -1.65. The number of benzene rings is 2. The van der Waals surface area contributed by atoms with Crippen molar-refractivity contribution in [2.24, 2.45) is 0 Å². The van der Waals surface area contributed by atoms with Crippen molar-refractivity contribution < 1.29 is 51.0 Å². The third-order valence-electron chi connectivity index (χ3n) is 4.69. The van der Waals surface area contributed by atoms with Crippen molar-refractivity contribution in [2.75, 3.05) is 0 Å². The standard InChI is InChI=1S/C20H18Si.2ClH.Zr/c1-21(2,18-13-16-8-3-4-9-17(16)14-18)20-12-11-15-7-5-6-10-19(15)20;;;/h3-14H,1-2H3;2*1H;/q-2;;;+4/p-2. The van der Waals surface area contributed by atoms with Gasteiger partial charge in [0.15, 0.2) is 0 Å². The second-order valence-electron chi connectivity index (χ2n) is 6.33. The zero-order chi connectivity index (χ0) is 14.4. The first kappa shape index (κ1) is 21.4. The van der Waals surface area contributed by atoms with Gasteiger partial charge in [0.1, 0.15) is 0 Å². The summed E-state index contributed by atoms with van der Waals surface area (Å²) in [6, 6.07) is 26.8. The van der Waals surface area contributed by atoms with Gasteiger partial charge in [-0.05, 0) is 0 Å². The van der Waals surface area contributed by atoms with E-state index in [4.69, 9.17) is 0 Å². The van der Waals surface area contributed by atoms with E-state index in [1.54, 1.807) is 5.19 Å². The van der Waals surface area contributed by atoms with Gasteiger partial charge in [-0.25, -0.2) is 0 Å². The van der Waals surface area contributed by atoms with Gasteiger partial charge in [0, 0.05) is 8.07 Å². The number of rotatable bonds is 2. The zero-order valence-electron chi connectivity index (χ0n) is 13.7. The molecular formula is C20H18Cl2SiZr. The van der Waals surface area contributed by atoms with E-state index >= 15 is 0 Å². The van der Waals surface area contributed by atoms with Crippen molar-refractivity contribution in [3.63, 3.8) is 0 Å². The van der Waals surface area contributed by atoms with E-state index in [0.717, 1.165) is 0 Å². The third kappa shape index (κ3) is 3.48. The Morgan fingerprint density at radius 2 is 1.46 bits per heavy atom. The third-order valence-corrected chi connectivity index (χ3v) is 8.21. The molecule has 0 bridgehead atoms. The summed E-state index contributed by atoms with van der Waals surface area (Å²) in [4.78, 5) is 0. The van der Waals surface area contributed by atoms with E-state index in [0.29, 0.717) is 0 Å². The molecule has 0 spiro atoms. The van der Waals surface area contributed by atoms with E-state index in [1.807, 2.05) is 0 Å². The molecule has 0 fully saturated rings. The van der Waals surface area contributed by atoms with Crippen LogP contribution < -0.4 is 35.2 Å². The summed E-state index contributed by atoms with van der Waals surface area (Å²) >= 11 is 0. The molecule has 24 heavy (non-hydrogen) atoms. The zero-order valence-corrected chi connectivity index (χ0v) is 18.7. The van der Waals surface area contributed by atoms with Crippen LogP contribution in [0.3, 0.4) is 0 Å². The van der Waals surface area contributed by atoms with Crippen LogP contribution in [0.25, 0.3) is 21.5 Å². The molecule has 4 aromatic carbocycles. The van der Waals surface area contributed by atoms with Gasteiger partial charge in [-0.3, -0.25) is 0 Å². The van der Waals surface area contributed by atoms with E-state index in [1.165, 1.54) is 26.7 Å². The van der Waals surface area contributed by atoms with Crippen LogP contribution in [-0.2, 0) is 26.2 Å². The van der Waals surface area contributed by atoms with Crippen LogP contribution in [0.2, 0.25) is 13.1 Å². The molecule has 0 N–H and O–H groups in total. The Kier molecular flexibility index (Phi) is 7.26. The van der Waals surface area contributed by atoms with Crippen molar-refractivity contribution in [2.45, 2.75) is 13.1 Å². The SMILES string of the molecule is C[Si](C)(c1cc2ccccc2[cH-]1)[c-]1ccc2ccccc21.[Cl-].[Cl-].[Zr+4]. The van der Waals surface area contributed by atoms with Crippen molar-refractivity contribution in [1.29, 1.82) is 0 Å². The number of fused-ring (bicyclic) bond motifs is 2. The first-order chi connectivity index (χ1) is 10.2. The molecule has 0 aliphatic carbocycles. The maximum absolute atomic E-state index is 2.46. The summed E-state index contributed by atoms with van der Waals surface area (Å²) in [6.45, 7) is 4.92. The molecule has 0 radical (unpaired) electrons. The summed E-state index contributed by atoms with van der Waals surface area (Å²) in [6.07, 6.45) is 0. The fraction of sp³-hybridized carbons (Fsp3) is 0.100. The molecular weight excluding hydrogens is 430 g/mol. The van der Waals surface area contributed by atoms with Crippen LogP contribution in [0.1, 0.15) is 0 Å². The van der Waals surface area contributed by atoms with Gasteiger partial charge in [-0.1, -0.05) is 25.2 Å². The van der Waals surface area contributed by atoms with Crippen molar-refractivity contribution in [1.82, 2.24) is 0 Å². The minimum absolute atomic E-state index is 0. The molecule has 0 unspecified atom stereocenters. The molecule has 120 valence electrons. The largest absolute Gasteiger partial charge is 4.00 e. The summed E-state index contributed by atoms with van der Waals surface area (Å²) in [7, 11) is -1.65. The fourth-order valence-corrected chi connectivity index (χ4v) is 6.11. The fourth-order valence-electron chi connectivity index (χ4n) is 3.36. The van der Waals surface area contributed by atoms with Gasteiger partial charge in [-0.2, -0.15) is 28.8 Å². The van der Waals surface area contributed by atoms with E-state index < -0.39 is 8.07 Å². The maximum Gasteiger partial charge on any atom is 4.00 e. The van der Waals surface area contributed by atoms with Gasteiger partial charge in [0.05, 0.1) is 0 Å². The van der Waals surface area contributed by atoms with Gasteiger partial charge in [0.25, 0.3) is 0 Å². The molecule has 4 aromatic rings. The summed E-state index contributed by atoms with van der Waals surface area (Å²) in [5, 5.41) is 8.60. The quantitative estimate of drug-likeness (QED) is 0.252. The van der Waals surface area contributed by atoms with Crippen molar-refractivity contribution >= 4 is 40.0 Å². The molecule has 0 aliphatic heterocycles. The van der Waals surface area contributed by atoms with Crippen LogP contribution in [0.4, 0.5) is 0 Å². The van der Waals surface area contributed by atoms with Crippen LogP contribution in [0.5, 0.6) is 0 Å².